The van der Waals surface area contributed by atoms with E-state index >= 15 is 0 Å². The largest absolute Gasteiger partial charge is 0.488 e. The Morgan fingerprint density at radius 2 is 1.89 bits per heavy atom. The van der Waals surface area contributed by atoms with Gasteiger partial charge in [0.15, 0.2) is 0 Å². The van der Waals surface area contributed by atoms with Gasteiger partial charge in [-0.25, -0.2) is 5.43 Å². The van der Waals surface area contributed by atoms with Gasteiger partial charge in [-0.2, -0.15) is 5.10 Å². The smallest absolute Gasteiger partial charge is 0.271 e. The van der Waals surface area contributed by atoms with Crippen LogP contribution in [-0.4, -0.2) is 17.1 Å². The molecule has 0 aliphatic rings. The number of pyridine rings is 1. The van der Waals surface area contributed by atoms with E-state index in [1.807, 2.05) is 18.2 Å². The molecule has 2 aromatic carbocycles. The van der Waals surface area contributed by atoms with Gasteiger partial charge in [0.25, 0.3) is 5.91 Å². The van der Waals surface area contributed by atoms with Crippen LogP contribution in [0.5, 0.6) is 5.75 Å². The van der Waals surface area contributed by atoms with Crippen molar-refractivity contribution in [1.82, 2.24) is 10.4 Å². The zero-order valence-corrected chi connectivity index (χ0v) is 15.6. The number of carbonyl (C=O) groups excluding carboxylic acids is 1. The molecule has 0 aliphatic heterocycles. The van der Waals surface area contributed by atoms with Crippen molar-refractivity contribution in [2.45, 2.75) is 6.61 Å². The summed E-state index contributed by atoms with van der Waals surface area (Å²) in [5.41, 5.74) is 4.41. The van der Waals surface area contributed by atoms with Gasteiger partial charge < -0.3 is 4.74 Å². The molecule has 0 saturated heterocycles. The van der Waals surface area contributed by atoms with Gasteiger partial charge in [0.05, 0.1) is 6.21 Å². The minimum Gasteiger partial charge on any atom is -0.488 e. The molecule has 0 atom stereocenters. The van der Waals surface area contributed by atoms with Crippen molar-refractivity contribution >= 4 is 35.3 Å². The van der Waals surface area contributed by atoms with Crippen molar-refractivity contribution in [3.05, 3.63) is 93.7 Å². The number of amides is 1. The monoisotopic (exact) mass is 399 g/mol. The Hall–Kier alpha value is -2.89. The van der Waals surface area contributed by atoms with E-state index in [4.69, 9.17) is 27.9 Å². The Morgan fingerprint density at radius 1 is 1.11 bits per heavy atom. The maximum atomic E-state index is 12.0. The van der Waals surface area contributed by atoms with E-state index in [-0.39, 0.29) is 5.91 Å². The minimum atomic E-state index is -0.339. The summed E-state index contributed by atoms with van der Waals surface area (Å²) in [6.45, 7) is 0.297. The van der Waals surface area contributed by atoms with Crippen LogP contribution < -0.4 is 10.2 Å². The molecule has 1 aromatic heterocycles. The highest BCUT2D eigenvalue weighted by Gasteiger charge is 2.07. The van der Waals surface area contributed by atoms with Crippen molar-refractivity contribution < 1.29 is 9.53 Å². The van der Waals surface area contributed by atoms with Gasteiger partial charge in [-0.05, 0) is 36.4 Å². The molecule has 0 fully saturated rings. The van der Waals surface area contributed by atoms with Gasteiger partial charge in [0, 0.05) is 39.1 Å². The summed E-state index contributed by atoms with van der Waals surface area (Å²) in [6.07, 6.45) is 4.55. The fraction of sp³-hybridized carbons (Fsp3) is 0.0500. The third-order valence-electron chi connectivity index (χ3n) is 3.63. The molecule has 136 valence electrons. The molecule has 7 heteroatoms. The second-order valence-corrected chi connectivity index (χ2v) is 6.34. The van der Waals surface area contributed by atoms with Gasteiger partial charge in [-0.1, -0.05) is 41.4 Å². The van der Waals surface area contributed by atoms with Crippen LogP contribution in [0.25, 0.3) is 0 Å². The van der Waals surface area contributed by atoms with Gasteiger partial charge in [0.2, 0.25) is 0 Å². The fourth-order valence-corrected chi connectivity index (χ4v) is 2.62. The van der Waals surface area contributed by atoms with Gasteiger partial charge in [-0.3, -0.25) is 9.78 Å². The minimum absolute atomic E-state index is 0.297. The van der Waals surface area contributed by atoms with Crippen LogP contribution in [0.2, 0.25) is 10.0 Å². The molecular weight excluding hydrogens is 385 g/mol. The first-order valence-electron chi connectivity index (χ1n) is 8.02. The Morgan fingerprint density at radius 3 is 2.67 bits per heavy atom. The number of hydrazone groups is 1. The van der Waals surface area contributed by atoms with E-state index in [0.717, 1.165) is 5.56 Å². The number of benzene rings is 2. The predicted octanol–water partition coefficient (Wildman–Crippen LogP) is 4.73. The standard InChI is InChI=1S/C20H15Cl2N3O2/c21-17-5-6-19(27-13-15-3-1-2-4-18(15)22)16(11-17)12-24-25-20(26)14-7-9-23-10-8-14/h1-12H,13H2,(H,25,26)/b24-12+. The van der Waals surface area contributed by atoms with Crippen LogP contribution >= 0.6 is 23.2 Å². The highest BCUT2D eigenvalue weighted by atomic mass is 35.5. The molecule has 1 amide bonds. The molecular formula is C20H15Cl2N3O2. The number of nitrogens with zero attached hydrogens (tertiary/aromatic N) is 2. The normalized spacial score (nSPS) is 10.7. The van der Waals surface area contributed by atoms with Crippen LogP contribution in [0, 0.1) is 0 Å². The quantitative estimate of drug-likeness (QED) is 0.481. The molecule has 0 spiro atoms. The van der Waals surface area contributed by atoms with Gasteiger partial charge in [-0.15, -0.1) is 0 Å². The number of aromatic nitrogens is 1. The van der Waals surface area contributed by atoms with E-state index < -0.39 is 0 Å². The lowest BCUT2D eigenvalue weighted by molar-refractivity contribution is 0.0955. The Balaban J connectivity index is 1.70. The number of nitrogens with one attached hydrogen (secondary N) is 1. The summed E-state index contributed by atoms with van der Waals surface area (Å²) in [4.78, 5) is 15.9. The van der Waals surface area contributed by atoms with Crippen molar-refractivity contribution in [3.8, 4) is 5.75 Å². The van der Waals surface area contributed by atoms with Crippen molar-refractivity contribution in [2.24, 2.45) is 5.10 Å². The Kier molecular flexibility index (Phi) is 6.41. The van der Waals surface area contributed by atoms with E-state index in [9.17, 15) is 4.79 Å². The molecule has 0 bridgehead atoms. The zero-order chi connectivity index (χ0) is 19.1. The van der Waals surface area contributed by atoms with Crippen LogP contribution in [0.1, 0.15) is 21.5 Å². The second kappa shape index (κ2) is 9.16. The first-order chi connectivity index (χ1) is 13.1. The molecule has 1 N–H and O–H groups in total. The molecule has 3 aromatic rings. The first kappa shape index (κ1) is 18.9. The highest BCUT2D eigenvalue weighted by Crippen LogP contribution is 2.24. The average molecular weight is 400 g/mol. The summed E-state index contributed by atoms with van der Waals surface area (Å²) in [7, 11) is 0. The maximum absolute atomic E-state index is 12.0. The number of rotatable bonds is 6. The summed E-state index contributed by atoms with van der Waals surface area (Å²) in [5.74, 6) is 0.232. The van der Waals surface area contributed by atoms with E-state index in [1.165, 1.54) is 18.6 Å². The Labute approximate surface area is 166 Å². The van der Waals surface area contributed by atoms with Crippen molar-refractivity contribution in [2.75, 3.05) is 0 Å². The first-order valence-corrected chi connectivity index (χ1v) is 8.78. The summed E-state index contributed by atoms with van der Waals surface area (Å²) in [5, 5.41) is 5.14. The number of halogens is 2. The SMILES string of the molecule is O=C(N/N=C/c1cc(Cl)ccc1OCc1ccccc1Cl)c1ccncc1. The number of carbonyl (C=O) groups is 1. The number of hydrogen-bond donors (Lipinski definition) is 1. The second-order valence-electron chi connectivity index (χ2n) is 5.50. The average Bonchev–Trinajstić information content (AvgIpc) is 2.69. The highest BCUT2D eigenvalue weighted by molar-refractivity contribution is 6.31. The molecule has 5 nitrogen and oxygen atoms in total. The lowest BCUT2D eigenvalue weighted by Gasteiger charge is -2.10. The molecule has 0 unspecified atom stereocenters. The van der Waals surface area contributed by atoms with Crippen molar-refractivity contribution in [3.63, 3.8) is 0 Å². The van der Waals surface area contributed by atoms with Crippen LogP contribution in [0.15, 0.2) is 72.1 Å². The molecule has 3 rings (SSSR count). The molecule has 0 aliphatic carbocycles. The molecule has 0 radical (unpaired) electrons. The number of hydrogen-bond acceptors (Lipinski definition) is 4. The predicted molar refractivity (Wildman–Crippen MR) is 107 cm³/mol. The zero-order valence-electron chi connectivity index (χ0n) is 14.1. The lowest BCUT2D eigenvalue weighted by Crippen LogP contribution is -2.17. The topological polar surface area (TPSA) is 63.6 Å². The number of ether oxygens (including phenoxy) is 1. The summed E-state index contributed by atoms with van der Waals surface area (Å²) >= 11 is 12.2. The van der Waals surface area contributed by atoms with Crippen molar-refractivity contribution in [1.29, 1.82) is 0 Å². The fourth-order valence-electron chi connectivity index (χ4n) is 2.25. The third-order valence-corrected chi connectivity index (χ3v) is 4.23. The third kappa shape index (κ3) is 5.29. The van der Waals surface area contributed by atoms with E-state index in [2.05, 4.69) is 15.5 Å². The van der Waals surface area contributed by atoms with Crippen LogP contribution in [-0.2, 0) is 6.61 Å². The van der Waals surface area contributed by atoms with E-state index in [0.29, 0.717) is 33.5 Å². The summed E-state index contributed by atoms with van der Waals surface area (Å²) < 4.78 is 5.85. The maximum Gasteiger partial charge on any atom is 0.271 e. The van der Waals surface area contributed by atoms with Gasteiger partial charge in [0.1, 0.15) is 12.4 Å². The van der Waals surface area contributed by atoms with Crippen LogP contribution in [0.3, 0.4) is 0 Å². The summed E-state index contributed by atoms with van der Waals surface area (Å²) in [6, 6.07) is 15.8. The molecule has 27 heavy (non-hydrogen) atoms. The Bertz CT molecular complexity index is 962. The van der Waals surface area contributed by atoms with Crippen LogP contribution in [0.4, 0.5) is 0 Å². The molecule has 1 heterocycles. The van der Waals surface area contributed by atoms with E-state index in [1.54, 1.807) is 36.4 Å². The lowest BCUT2D eigenvalue weighted by atomic mass is 10.2. The molecule has 0 saturated carbocycles. The van der Waals surface area contributed by atoms with Gasteiger partial charge >= 0.3 is 0 Å².